The number of fused-ring (bicyclic) bond motifs is 2. The Kier molecular flexibility index (Phi) is 2.84. The predicted molar refractivity (Wildman–Crippen MR) is 86.8 cm³/mol. The number of benzene rings is 1. The van der Waals surface area contributed by atoms with Crippen LogP contribution >= 0.6 is 11.6 Å². The van der Waals surface area contributed by atoms with Crippen molar-refractivity contribution >= 4 is 33.7 Å². The van der Waals surface area contributed by atoms with Crippen LogP contribution in [0.4, 0.5) is 0 Å². The van der Waals surface area contributed by atoms with Gasteiger partial charge < -0.3 is 4.57 Å². The highest BCUT2D eigenvalue weighted by Gasteiger charge is 2.16. The van der Waals surface area contributed by atoms with Crippen LogP contribution in [-0.2, 0) is 7.05 Å². The summed E-state index contributed by atoms with van der Waals surface area (Å²) in [4.78, 5) is 18.0. The molecule has 0 radical (unpaired) electrons. The number of hydrogen-bond donors (Lipinski definition) is 0. The first-order valence-electron chi connectivity index (χ1n) is 6.85. The molecule has 0 saturated heterocycles. The summed E-state index contributed by atoms with van der Waals surface area (Å²) >= 11 is 6.33. The summed E-state index contributed by atoms with van der Waals surface area (Å²) in [6.45, 7) is 1.94. The summed E-state index contributed by atoms with van der Waals surface area (Å²) in [5.41, 5.74) is 4.88. The second-order valence-corrected chi connectivity index (χ2v) is 5.52. The molecule has 6 heteroatoms. The van der Waals surface area contributed by atoms with Crippen LogP contribution in [0.1, 0.15) is 5.69 Å². The van der Waals surface area contributed by atoms with Crippen molar-refractivity contribution in [1.82, 2.24) is 24.5 Å². The van der Waals surface area contributed by atoms with Crippen molar-refractivity contribution in [1.29, 1.82) is 0 Å². The van der Waals surface area contributed by atoms with Gasteiger partial charge in [0, 0.05) is 12.7 Å². The average molecular weight is 310 g/mol. The van der Waals surface area contributed by atoms with E-state index in [9.17, 15) is 0 Å². The normalized spacial score (nSPS) is 11.4. The summed E-state index contributed by atoms with van der Waals surface area (Å²) in [6.07, 6.45) is 1.81. The van der Waals surface area contributed by atoms with E-state index >= 15 is 0 Å². The van der Waals surface area contributed by atoms with Crippen LogP contribution < -0.4 is 0 Å². The number of aromatic nitrogens is 5. The van der Waals surface area contributed by atoms with E-state index in [0.29, 0.717) is 16.7 Å². The van der Waals surface area contributed by atoms with E-state index in [-0.39, 0.29) is 0 Å². The molecule has 3 heterocycles. The molecule has 1 aromatic carbocycles. The van der Waals surface area contributed by atoms with Crippen molar-refractivity contribution in [3.8, 4) is 11.5 Å². The van der Waals surface area contributed by atoms with Crippen LogP contribution in [0.15, 0.2) is 36.5 Å². The Morgan fingerprint density at radius 3 is 2.50 bits per heavy atom. The summed E-state index contributed by atoms with van der Waals surface area (Å²) in [5.74, 6) is 0.686. The lowest BCUT2D eigenvalue weighted by molar-refractivity contribution is 0.946. The smallest absolute Gasteiger partial charge is 0.162 e. The minimum atomic E-state index is 0.349. The van der Waals surface area contributed by atoms with E-state index < -0.39 is 0 Å². The highest BCUT2D eigenvalue weighted by Crippen LogP contribution is 2.28. The Labute approximate surface area is 131 Å². The molecule has 0 amide bonds. The Bertz CT molecular complexity index is 1020. The molecule has 0 atom stereocenters. The van der Waals surface area contributed by atoms with Crippen LogP contribution in [0.25, 0.3) is 33.6 Å². The van der Waals surface area contributed by atoms with Crippen LogP contribution in [0.2, 0.25) is 5.15 Å². The van der Waals surface area contributed by atoms with E-state index in [1.165, 1.54) is 0 Å². The lowest BCUT2D eigenvalue weighted by Gasteiger charge is -2.05. The van der Waals surface area contributed by atoms with E-state index in [2.05, 4.69) is 19.9 Å². The number of aryl methyl sites for hydroxylation is 2. The number of nitrogens with zero attached hydrogens (tertiary/aromatic N) is 5. The summed E-state index contributed by atoms with van der Waals surface area (Å²) in [7, 11) is 1.93. The molecule has 0 N–H and O–H groups in total. The van der Waals surface area contributed by atoms with E-state index in [1.54, 1.807) is 0 Å². The number of halogens is 1. The van der Waals surface area contributed by atoms with Gasteiger partial charge in [-0.25, -0.2) is 15.0 Å². The molecular formula is C16H12ClN5. The fourth-order valence-electron chi connectivity index (χ4n) is 2.52. The maximum Gasteiger partial charge on any atom is 0.162 e. The number of rotatable bonds is 1. The first-order chi connectivity index (χ1) is 10.6. The molecule has 0 spiro atoms. The Morgan fingerprint density at radius 2 is 1.73 bits per heavy atom. The molecule has 0 fully saturated rings. The minimum Gasteiger partial charge on any atom is -0.324 e. The molecular weight excluding hydrogens is 298 g/mol. The molecule has 3 aromatic heterocycles. The van der Waals surface area contributed by atoms with Crippen molar-refractivity contribution in [3.05, 3.63) is 47.4 Å². The first-order valence-corrected chi connectivity index (χ1v) is 7.23. The molecule has 4 rings (SSSR count). The maximum atomic E-state index is 6.33. The van der Waals surface area contributed by atoms with Gasteiger partial charge in [-0.2, -0.15) is 0 Å². The van der Waals surface area contributed by atoms with Gasteiger partial charge in [0.2, 0.25) is 0 Å². The molecule has 0 bridgehead atoms. The molecule has 0 unspecified atom stereocenters. The molecule has 5 nitrogen and oxygen atoms in total. The van der Waals surface area contributed by atoms with Gasteiger partial charge in [0.05, 0.1) is 28.3 Å². The number of imidazole rings is 1. The second-order valence-electron chi connectivity index (χ2n) is 5.16. The highest BCUT2D eigenvalue weighted by molar-refractivity contribution is 6.32. The second kappa shape index (κ2) is 4.74. The summed E-state index contributed by atoms with van der Waals surface area (Å²) in [5, 5.41) is 0.349. The zero-order valence-corrected chi connectivity index (χ0v) is 12.8. The van der Waals surface area contributed by atoms with Crippen molar-refractivity contribution < 1.29 is 0 Å². The van der Waals surface area contributed by atoms with Crippen LogP contribution in [0.5, 0.6) is 0 Å². The third-order valence-corrected chi connectivity index (χ3v) is 3.91. The van der Waals surface area contributed by atoms with E-state index in [1.807, 2.05) is 55.1 Å². The van der Waals surface area contributed by atoms with Gasteiger partial charge in [-0.15, -0.1) is 0 Å². The lowest BCUT2D eigenvalue weighted by atomic mass is 10.3. The minimum absolute atomic E-state index is 0.349. The number of hydrogen-bond acceptors (Lipinski definition) is 4. The van der Waals surface area contributed by atoms with Gasteiger partial charge in [0.25, 0.3) is 0 Å². The monoisotopic (exact) mass is 309 g/mol. The maximum absolute atomic E-state index is 6.33. The Morgan fingerprint density at radius 1 is 1.00 bits per heavy atom. The van der Waals surface area contributed by atoms with Gasteiger partial charge in [-0.1, -0.05) is 23.7 Å². The fraction of sp³-hybridized carbons (Fsp3) is 0.125. The van der Waals surface area contributed by atoms with Gasteiger partial charge in [-0.3, -0.25) is 4.98 Å². The molecule has 0 aliphatic rings. The van der Waals surface area contributed by atoms with Crippen molar-refractivity contribution in [2.45, 2.75) is 6.92 Å². The van der Waals surface area contributed by atoms with Crippen molar-refractivity contribution in [3.63, 3.8) is 0 Å². The molecule has 4 aromatic rings. The van der Waals surface area contributed by atoms with Crippen LogP contribution in [-0.4, -0.2) is 24.5 Å². The molecule has 22 heavy (non-hydrogen) atoms. The van der Waals surface area contributed by atoms with Gasteiger partial charge in [0.15, 0.2) is 11.0 Å². The first kappa shape index (κ1) is 13.2. The zero-order valence-electron chi connectivity index (χ0n) is 12.1. The molecule has 0 aliphatic carbocycles. The number of para-hydroxylation sites is 2. The summed E-state index contributed by atoms with van der Waals surface area (Å²) in [6, 6.07) is 9.59. The van der Waals surface area contributed by atoms with Crippen LogP contribution in [0, 0.1) is 6.92 Å². The summed E-state index contributed by atoms with van der Waals surface area (Å²) < 4.78 is 1.94. The standard InChI is InChI=1S/C16H12ClN5/c1-9-7-12-13(8-18-9)22(2)16(21-12)14-15(17)20-11-6-4-3-5-10(11)19-14/h3-8H,1-2H3. The highest BCUT2D eigenvalue weighted by atomic mass is 35.5. The zero-order chi connectivity index (χ0) is 15.3. The van der Waals surface area contributed by atoms with Gasteiger partial charge >= 0.3 is 0 Å². The lowest BCUT2D eigenvalue weighted by Crippen LogP contribution is -1.98. The van der Waals surface area contributed by atoms with Gasteiger partial charge in [0.1, 0.15) is 5.69 Å². The quantitative estimate of drug-likeness (QED) is 0.539. The van der Waals surface area contributed by atoms with E-state index in [4.69, 9.17) is 11.6 Å². The largest absolute Gasteiger partial charge is 0.324 e. The molecule has 108 valence electrons. The topological polar surface area (TPSA) is 56.5 Å². The van der Waals surface area contributed by atoms with Crippen molar-refractivity contribution in [2.24, 2.45) is 7.05 Å². The van der Waals surface area contributed by atoms with Crippen LogP contribution in [0.3, 0.4) is 0 Å². The SMILES string of the molecule is Cc1cc2nc(-c3nc4ccccc4nc3Cl)n(C)c2cn1. The Balaban J connectivity index is 2.02. The number of pyridine rings is 1. The van der Waals surface area contributed by atoms with Crippen molar-refractivity contribution in [2.75, 3.05) is 0 Å². The third-order valence-electron chi connectivity index (χ3n) is 3.64. The Hall–Kier alpha value is -2.53. The average Bonchev–Trinajstić information content (AvgIpc) is 2.82. The third kappa shape index (κ3) is 1.94. The molecule has 0 saturated carbocycles. The van der Waals surface area contributed by atoms with E-state index in [0.717, 1.165) is 27.8 Å². The molecule has 0 aliphatic heterocycles. The fourth-order valence-corrected chi connectivity index (χ4v) is 2.74. The predicted octanol–water partition coefficient (Wildman–Crippen LogP) is 3.54. The van der Waals surface area contributed by atoms with Gasteiger partial charge in [-0.05, 0) is 25.1 Å².